The average Bonchev–Trinajstić information content (AvgIpc) is 2.49. The predicted molar refractivity (Wildman–Crippen MR) is 79.1 cm³/mol. The van der Waals surface area contributed by atoms with Crippen LogP contribution in [-0.2, 0) is 11.2 Å². The molecule has 0 bridgehead atoms. The molecule has 0 N–H and O–H groups in total. The van der Waals surface area contributed by atoms with Crippen LogP contribution in [0.5, 0.6) is 0 Å². The second-order valence-corrected chi connectivity index (χ2v) is 5.36. The van der Waals surface area contributed by atoms with E-state index in [2.05, 4.69) is 13.0 Å². The van der Waals surface area contributed by atoms with Gasteiger partial charge < -0.3 is 4.74 Å². The van der Waals surface area contributed by atoms with Crippen molar-refractivity contribution in [2.45, 2.75) is 26.4 Å². The van der Waals surface area contributed by atoms with E-state index in [1.54, 1.807) is 0 Å². The lowest BCUT2D eigenvalue weighted by molar-refractivity contribution is 0.0349. The Hall–Kier alpha value is -1.93. The zero-order valence-electron chi connectivity index (χ0n) is 11.8. The third kappa shape index (κ3) is 2.27. The van der Waals surface area contributed by atoms with Crippen LogP contribution in [-0.4, -0.2) is 12.4 Å². The number of benzene rings is 2. The maximum atomic E-state index is 12.7. The quantitative estimate of drug-likeness (QED) is 0.773. The lowest BCUT2D eigenvalue weighted by Gasteiger charge is -2.25. The number of carbonyl (C=O) groups is 1. The summed E-state index contributed by atoms with van der Waals surface area (Å²) in [6, 6.07) is 13.9. The molecule has 2 aromatic carbocycles. The molecule has 2 nitrogen and oxygen atoms in total. The van der Waals surface area contributed by atoms with Gasteiger partial charge in [-0.05, 0) is 48.6 Å². The molecule has 0 aliphatic carbocycles. The SMILES string of the molecule is Cc1ccc(C(=O)C2OCCc3ccccc32)cc1C. The van der Waals surface area contributed by atoms with Crippen molar-refractivity contribution in [2.24, 2.45) is 0 Å². The topological polar surface area (TPSA) is 26.3 Å². The van der Waals surface area contributed by atoms with Crippen LogP contribution >= 0.6 is 0 Å². The van der Waals surface area contributed by atoms with Gasteiger partial charge >= 0.3 is 0 Å². The van der Waals surface area contributed by atoms with Gasteiger partial charge in [0, 0.05) is 5.56 Å². The standard InChI is InChI=1S/C18H18O2/c1-12-7-8-15(11-13(12)2)17(19)18-16-6-4-3-5-14(16)9-10-20-18/h3-8,11,18H,9-10H2,1-2H3. The van der Waals surface area contributed by atoms with Gasteiger partial charge in [0.15, 0.2) is 5.78 Å². The summed E-state index contributed by atoms with van der Waals surface area (Å²) in [6.07, 6.45) is 0.425. The van der Waals surface area contributed by atoms with E-state index >= 15 is 0 Å². The number of aryl methyl sites for hydroxylation is 2. The Morgan fingerprint density at radius 1 is 1.10 bits per heavy atom. The Bertz CT molecular complexity index is 658. The first-order chi connectivity index (χ1) is 9.66. The van der Waals surface area contributed by atoms with Crippen molar-refractivity contribution in [2.75, 3.05) is 6.61 Å². The van der Waals surface area contributed by atoms with E-state index in [4.69, 9.17) is 4.74 Å². The van der Waals surface area contributed by atoms with Crippen molar-refractivity contribution >= 4 is 5.78 Å². The molecule has 2 heteroatoms. The molecule has 1 aliphatic rings. The van der Waals surface area contributed by atoms with E-state index in [1.807, 2.05) is 43.3 Å². The second-order valence-electron chi connectivity index (χ2n) is 5.36. The third-order valence-corrected chi connectivity index (χ3v) is 4.02. The molecule has 1 aliphatic heterocycles. The number of ketones is 1. The largest absolute Gasteiger partial charge is 0.365 e. The van der Waals surface area contributed by atoms with Crippen molar-refractivity contribution in [3.63, 3.8) is 0 Å². The maximum absolute atomic E-state index is 12.7. The Balaban J connectivity index is 1.97. The van der Waals surface area contributed by atoms with Crippen LogP contribution < -0.4 is 0 Å². The van der Waals surface area contributed by atoms with Crippen LogP contribution in [0.3, 0.4) is 0 Å². The zero-order valence-corrected chi connectivity index (χ0v) is 11.8. The van der Waals surface area contributed by atoms with Crippen molar-refractivity contribution in [1.82, 2.24) is 0 Å². The minimum Gasteiger partial charge on any atom is -0.365 e. The first-order valence-corrected chi connectivity index (χ1v) is 6.97. The summed E-state index contributed by atoms with van der Waals surface area (Å²) < 4.78 is 5.74. The number of rotatable bonds is 2. The van der Waals surface area contributed by atoms with Gasteiger partial charge in [-0.25, -0.2) is 0 Å². The molecule has 20 heavy (non-hydrogen) atoms. The fraction of sp³-hybridized carbons (Fsp3) is 0.278. The molecule has 0 aromatic heterocycles. The van der Waals surface area contributed by atoms with Crippen LogP contribution in [0.4, 0.5) is 0 Å². The van der Waals surface area contributed by atoms with Crippen LogP contribution in [0.1, 0.15) is 38.7 Å². The Morgan fingerprint density at radius 3 is 2.70 bits per heavy atom. The van der Waals surface area contributed by atoms with Gasteiger partial charge in [-0.2, -0.15) is 0 Å². The molecular weight excluding hydrogens is 248 g/mol. The van der Waals surface area contributed by atoms with Crippen LogP contribution in [0, 0.1) is 13.8 Å². The van der Waals surface area contributed by atoms with Gasteiger partial charge in [-0.3, -0.25) is 4.79 Å². The van der Waals surface area contributed by atoms with Crippen molar-refractivity contribution in [3.8, 4) is 0 Å². The van der Waals surface area contributed by atoms with E-state index in [0.717, 1.165) is 23.1 Å². The highest BCUT2D eigenvalue weighted by Gasteiger charge is 2.28. The summed E-state index contributed by atoms with van der Waals surface area (Å²) in [4.78, 5) is 12.7. The number of hydrogen-bond acceptors (Lipinski definition) is 2. The number of fused-ring (bicyclic) bond motifs is 1. The highest BCUT2D eigenvalue weighted by Crippen LogP contribution is 2.30. The van der Waals surface area contributed by atoms with E-state index in [9.17, 15) is 4.79 Å². The van der Waals surface area contributed by atoms with Crippen LogP contribution in [0.15, 0.2) is 42.5 Å². The molecule has 3 rings (SSSR count). The smallest absolute Gasteiger partial charge is 0.196 e. The summed E-state index contributed by atoms with van der Waals surface area (Å²) in [6.45, 7) is 4.69. The van der Waals surface area contributed by atoms with Gasteiger partial charge in [0.25, 0.3) is 0 Å². The van der Waals surface area contributed by atoms with E-state index in [1.165, 1.54) is 11.1 Å². The molecular formula is C18H18O2. The maximum Gasteiger partial charge on any atom is 0.196 e. The normalized spacial score (nSPS) is 17.6. The van der Waals surface area contributed by atoms with Crippen LogP contribution in [0.25, 0.3) is 0 Å². The summed E-state index contributed by atoms with van der Waals surface area (Å²) in [5.74, 6) is 0.0558. The number of hydrogen-bond donors (Lipinski definition) is 0. The molecule has 0 spiro atoms. The Kier molecular flexibility index (Phi) is 3.41. The molecule has 0 saturated carbocycles. The summed E-state index contributed by atoms with van der Waals surface area (Å²) in [7, 11) is 0. The lowest BCUT2D eigenvalue weighted by Crippen LogP contribution is -2.23. The van der Waals surface area contributed by atoms with Gasteiger partial charge in [0.05, 0.1) is 6.61 Å². The van der Waals surface area contributed by atoms with Gasteiger partial charge in [0.2, 0.25) is 0 Å². The Morgan fingerprint density at radius 2 is 1.90 bits per heavy atom. The predicted octanol–water partition coefficient (Wildman–Crippen LogP) is 3.80. The minimum atomic E-state index is -0.456. The van der Waals surface area contributed by atoms with E-state index in [0.29, 0.717) is 6.61 Å². The summed E-state index contributed by atoms with van der Waals surface area (Å²) >= 11 is 0. The first kappa shape index (κ1) is 13.1. The fourth-order valence-corrected chi connectivity index (χ4v) is 2.66. The minimum absolute atomic E-state index is 0.0558. The molecule has 0 fully saturated rings. The van der Waals surface area contributed by atoms with E-state index < -0.39 is 6.10 Å². The third-order valence-electron chi connectivity index (χ3n) is 4.02. The van der Waals surface area contributed by atoms with Crippen molar-refractivity contribution < 1.29 is 9.53 Å². The highest BCUT2D eigenvalue weighted by molar-refractivity contribution is 6.00. The monoisotopic (exact) mass is 266 g/mol. The summed E-state index contributed by atoms with van der Waals surface area (Å²) in [5.41, 5.74) is 5.31. The fourth-order valence-electron chi connectivity index (χ4n) is 2.66. The molecule has 2 aromatic rings. The number of Topliss-reactive ketones (excluding diaryl/α,β-unsaturated/α-hetero) is 1. The number of carbonyl (C=O) groups excluding carboxylic acids is 1. The van der Waals surface area contributed by atoms with Crippen LogP contribution in [0.2, 0.25) is 0 Å². The molecule has 0 saturated heterocycles. The van der Waals surface area contributed by atoms with Crippen molar-refractivity contribution in [1.29, 1.82) is 0 Å². The Labute approximate surface area is 119 Å². The first-order valence-electron chi connectivity index (χ1n) is 6.97. The van der Waals surface area contributed by atoms with Gasteiger partial charge in [-0.15, -0.1) is 0 Å². The van der Waals surface area contributed by atoms with Crippen molar-refractivity contribution in [3.05, 3.63) is 70.3 Å². The average molecular weight is 266 g/mol. The van der Waals surface area contributed by atoms with Gasteiger partial charge in [-0.1, -0.05) is 36.4 Å². The second kappa shape index (κ2) is 5.22. The molecule has 1 unspecified atom stereocenters. The van der Waals surface area contributed by atoms with E-state index in [-0.39, 0.29) is 5.78 Å². The lowest BCUT2D eigenvalue weighted by atomic mass is 9.91. The molecule has 1 atom stereocenters. The zero-order chi connectivity index (χ0) is 14.1. The summed E-state index contributed by atoms with van der Waals surface area (Å²) in [5, 5.41) is 0. The molecule has 0 radical (unpaired) electrons. The molecule has 102 valence electrons. The molecule has 1 heterocycles. The van der Waals surface area contributed by atoms with Gasteiger partial charge in [0.1, 0.15) is 6.10 Å². The number of ether oxygens (including phenoxy) is 1. The highest BCUT2D eigenvalue weighted by atomic mass is 16.5. The molecule has 0 amide bonds.